The largest absolute Gasteiger partial charge is 0.497 e. The molecule has 7 heteroatoms. The molecule has 0 aliphatic carbocycles. The summed E-state index contributed by atoms with van der Waals surface area (Å²) in [6.07, 6.45) is 0. The zero-order valence-electron chi connectivity index (χ0n) is 11.6. The monoisotopic (exact) mass is 303 g/mol. The summed E-state index contributed by atoms with van der Waals surface area (Å²) in [5.41, 5.74) is 0.375. The van der Waals surface area contributed by atoms with Crippen LogP contribution >= 0.6 is 11.3 Å². The zero-order valence-corrected chi connectivity index (χ0v) is 12.4. The Morgan fingerprint density at radius 1 is 1.29 bits per heavy atom. The van der Waals surface area contributed by atoms with Gasteiger partial charge in [0.1, 0.15) is 23.1 Å². The molecule has 0 fully saturated rings. The van der Waals surface area contributed by atoms with Crippen LogP contribution < -0.4 is 15.0 Å². The Morgan fingerprint density at radius 3 is 2.90 bits per heavy atom. The molecule has 0 radical (unpaired) electrons. The average molecular weight is 303 g/mol. The number of hydrogen-bond donors (Lipinski definition) is 0. The van der Waals surface area contributed by atoms with Crippen LogP contribution in [0.1, 0.15) is 10.7 Å². The van der Waals surface area contributed by atoms with Crippen LogP contribution in [0.4, 0.5) is 0 Å². The lowest BCUT2D eigenvalue weighted by molar-refractivity contribution is 0.299. The van der Waals surface area contributed by atoms with Crippen LogP contribution in [0.15, 0.2) is 35.1 Å². The van der Waals surface area contributed by atoms with E-state index in [0.717, 1.165) is 5.01 Å². The number of benzene rings is 1. The van der Waals surface area contributed by atoms with Gasteiger partial charge >= 0.3 is 0 Å². The molecule has 2 aromatic heterocycles. The Morgan fingerprint density at radius 2 is 2.10 bits per heavy atom. The van der Waals surface area contributed by atoms with Crippen molar-refractivity contribution in [3.05, 3.63) is 51.4 Å². The summed E-state index contributed by atoms with van der Waals surface area (Å²) < 4.78 is 12.1. The van der Waals surface area contributed by atoms with E-state index in [0.29, 0.717) is 22.2 Å². The van der Waals surface area contributed by atoms with Gasteiger partial charge in [-0.15, -0.1) is 0 Å². The molecular weight excluding hydrogens is 290 g/mol. The van der Waals surface area contributed by atoms with Gasteiger partial charge < -0.3 is 9.47 Å². The second kappa shape index (κ2) is 5.53. The maximum Gasteiger partial charge on any atom is 0.275 e. The highest BCUT2D eigenvalue weighted by atomic mass is 32.1. The van der Waals surface area contributed by atoms with Crippen molar-refractivity contribution in [1.29, 1.82) is 0 Å². The quantitative estimate of drug-likeness (QED) is 0.738. The van der Waals surface area contributed by atoms with Crippen LogP contribution in [0.2, 0.25) is 0 Å². The molecule has 0 amide bonds. The number of methoxy groups -OCH3 is 1. The lowest BCUT2D eigenvalue weighted by atomic mass is 10.3. The van der Waals surface area contributed by atoms with Crippen molar-refractivity contribution < 1.29 is 9.47 Å². The van der Waals surface area contributed by atoms with E-state index in [9.17, 15) is 4.79 Å². The van der Waals surface area contributed by atoms with E-state index in [1.165, 1.54) is 21.9 Å². The number of fused-ring (bicyclic) bond motifs is 1. The SMILES string of the molecule is COc1cccc(OCc2cc(=O)n3nc(C)sc3n2)c1. The molecule has 3 aromatic rings. The summed E-state index contributed by atoms with van der Waals surface area (Å²) in [5, 5.41) is 4.89. The minimum atomic E-state index is -0.200. The molecule has 0 bridgehead atoms. The predicted molar refractivity (Wildman–Crippen MR) is 79.2 cm³/mol. The molecule has 0 atom stereocenters. The molecule has 0 spiro atoms. The standard InChI is InChI=1S/C14H13N3O3S/c1-9-16-17-13(18)6-10(15-14(17)21-9)8-20-12-5-3-4-11(7-12)19-2/h3-7H,8H2,1-2H3. The fourth-order valence-corrected chi connectivity index (χ4v) is 2.64. The molecule has 0 unspecified atom stereocenters. The summed E-state index contributed by atoms with van der Waals surface area (Å²) in [6.45, 7) is 2.06. The maximum atomic E-state index is 11.9. The molecule has 0 saturated heterocycles. The molecule has 1 aromatic carbocycles. The summed E-state index contributed by atoms with van der Waals surface area (Å²) >= 11 is 1.37. The highest BCUT2D eigenvalue weighted by Gasteiger charge is 2.07. The molecule has 21 heavy (non-hydrogen) atoms. The van der Waals surface area contributed by atoms with Gasteiger partial charge in [-0.1, -0.05) is 17.4 Å². The van der Waals surface area contributed by atoms with E-state index in [-0.39, 0.29) is 12.2 Å². The summed E-state index contributed by atoms with van der Waals surface area (Å²) in [4.78, 5) is 16.9. The molecule has 0 N–H and O–H groups in total. The van der Waals surface area contributed by atoms with Crippen LogP contribution in [-0.4, -0.2) is 21.7 Å². The Bertz CT molecular complexity index is 841. The minimum absolute atomic E-state index is 0.200. The van der Waals surface area contributed by atoms with E-state index in [4.69, 9.17) is 9.47 Å². The Kier molecular flexibility index (Phi) is 3.57. The van der Waals surface area contributed by atoms with Gasteiger partial charge in [0, 0.05) is 12.1 Å². The zero-order chi connectivity index (χ0) is 14.8. The Balaban J connectivity index is 1.83. The van der Waals surface area contributed by atoms with Gasteiger partial charge in [-0.05, 0) is 19.1 Å². The number of aryl methyl sites for hydroxylation is 1. The lowest BCUT2D eigenvalue weighted by Gasteiger charge is -2.07. The van der Waals surface area contributed by atoms with Crippen LogP contribution in [0.3, 0.4) is 0 Å². The van der Waals surface area contributed by atoms with Crippen molar-refractivity contribution in [1.82, 2.24) is 14.6 Å². The van der Waals surface area contributed by atoms with Crippen LogP contribution in [-0.2, 0) is 6.61 Å². The molecule has 0 saturated carbocycles. The average Bonchev–Trinajstić information content (AvgIpc) is 2.86. The van der Waals surface area contributed by atoms with Crippen molar-refractivity contribution in [3.8, 4) is 11.5 Å². The van der Waals surface area contributed by atoms with Crippen LogP contribution in [0.5, 0.6) is 11.5 Å². The van der Waals surface area contributed by atoms with E-state index < -0.39 is 0 Å². The highest BCUT2D eigenvalue weighted by molar-refractivity contribution is 7.16. The normalized spacial score (nSPS) is 10.8. The van der Waals surface area contributed by atoms with Gasteiger partial charge in [0.2, 0.25) is 4.96 Å². The first kappa shape index (κ1) is 13.6. The van der Waals surface area contributed by atoms with Gasteiger partial charge in [-0.25, -0.2) is 4.98 Å². The molecular formula is C14H13N3O3S. The number of aromatic nitrogens is 3. The highest BCUT2D eigenvalue weighted by Crippen LogP contribution is 2.19. The molecule has 108 valence electrons. The van der Waals surface area contributed by atoms with Crippen LogP contribution in [0.25, 0.3) is 4.96 Å². The number of ether oxygens (including phenoxy) is 2. The fraction of sp³-hybridized carbons (Fsp3) is 0.214. The molecule has 6 nitrogen and oxygen atoms in total. The summed E-state index contributed by atoms with van der Waals surface area (Å²) in [7, 11) is 1.60. The Labute approximate surface area is 124 Å². The van der Waals surface area contributed by atoms with Crippen molar-refractivity contribution in [2.75, 3.05) is 7.11 Å². The number of nitrogens with zero attached hydrogens (tertiary/aromatic N) is 3. The van der Waals surface area contributed by atoms with Gasteiger partial charge in [0.25, 0.3) is 5.56 Å². The summed E-state index contributed by atoms with van der Waals surface area (Å²) in [5.74, 6) is 1.38. The third-order valence-electron chi connectivity index (χ3n) is 2.83. The third-order valence-corrected chi connectivity index (χ3v) is 3.65. The smallest absolute Gasteiger partial charge is 0.275 e. The second-order valence-corrected chi connectivity index (χ2v) is 5.53. The van der Waals surface area contributed by atoms with Gasteiger partial charge in [-0.3, -0.25) is 4.79 Å². The third kappa shape index (κ3) is 2.87. The first-order valence-corrected chi connectivity index (χ1v) is 7.10. The van der Waals surface area contributed by atoms with Gasteiger partial charge in [0.15, 0.2) is 0 Å². The van der Waals surface area contributed by atoms with E-state index in [1.807, 2.05) is 25.1 Å². The minimum Gasteiger partial charge on any atom is -0.497 e. The second-order valence-electron chi connectivity index (χ2n) is 4.37. The fourth-order valence-electron chi connectivity index (χ4n) is 1.87. The molecule has 3 rings (SSSR count). The topological polar surface area (TPSA) is 65.7 Å². The Hall–Kier alpha value is -2.41. The summed E-state index contributed by atoms with van der Waals surface area (Å²) in [6, 6.07) is 8.72. The van der Waals surface area contributed by atoms with E-state index in [2.05, 4.69) is 10.1 Å². The van der Waals surface area contributed by atoms with Crippen molar-refractivity contribution >= 4 is 16.3 Å². The number of rotatable bonds is 4. The van der Waals surface area contributed by atoms with Crippen LogP contribution in [0, 0.1) is 6.92 Å². The van der Waals surface area contributed by atoms with E-state index >= 15 is 0 Å². The predicted octanol–water partition coefficient (Wildman–Crippen LogP) is 2.05. The van der Waals surface area contributed by atoms with Crippen molar-refractivity contribution in [3.63, 3.8) is 0 Å². The first-order valence-electron chi connectivity index (χ1n) is 6.29. The number of hydrogen-bond acceptors (Lipinski definition) is 6. The van der Waals surface area contributed by atoms with Crippen molar-refractivity contribution in [2.45, 2.75) is 13.5 Å². The molecule has 0 aliphatic rings. The first-order chi connectivity index (χ1) is 10.2. The maximum absolute atomic E-state index is 11.9. The van der Waals surface area contributed by atoms with Gasteiger partial charge in [0.05, 0.1) is 12.8 Å². The van der Waals surface area contributed by atoms with Crippen molar-refractivity contribution in [2.24, 2.45) is 0 Å². The van der Waals surface area contributed by atoms with E-state index in [1.54, 1.807) is 13.2 Å². The van der Waals surface area contributed by atoms with Gasteiger partial charge in [-0.2, -0.15) is 9.61 Å². The molecule has 0 aliphatic heterocycles. The lowest BCUT2D eigenvalue weighted by Crippen LogP contribution is -2.16. The molecule has 2 heterocycles.